The molecule has 0 aliphatic carbocycles. The molecule has 1 aromatic carbocycles. The molecule has 5 heteroatoms. The number of nitrogens with zero attached hydrogens (tertiary/aromatic N) is 3. The van der Waals surface area contributed by atoms with Gasteiger partial charge in [0.05, 0.1) is 0 Å². The van der Waals surface area contributed by atoms with Gasteiger partial charge in [-0.2, -0.15) is 4.98 Å². The quantitative estimate of drug-likeness (QED) is 0.854. The highest BCUT2D eigenvalue weighted by Crippen LogP contribution is 2.33. The Morgan fingerprint density at radius 3 is 2.89 bits per heavy atom. The zero-order valence-corrected chi connectivity index (χ0v) is 10.7. The molecule has 4 nitrogen and oxygen atoms in total. The molecule has 1 aliphatic heterocycles. The van der Waals surface area contributed by atoms with Crippen molar-refractivity contribution in [3.05, 3.63) is 41.3 Å². The lowest BCUT2D eigenvalue weighted by Crippen LogP contribution is -2.26. The zero-order chi connectivity index (χ0) is 13.4. The molecule has 0 unspecified atom stereocenters. The Bertz CT molecular complexity index is 607. The second kappa shape index (κ2) is 4.50. The van der Waals surface area contributed by atoms with Crippen LogP contribution in [0.5, 0.6) is 0 Å². The van der Waals surface area contributed by atoms with Crippen molar-refractivity contribution >= 4 is 17.5 Å². The van der Waals surface area contributed by atoms with Crippen molar-refractivity contribution < 1.29 is 4.39 Å². The fraction of sp³-hybridized carbons (Fsp3) is 0.286. The molecule has 0 spiro atoms. The number of hydrogen-bond acceptors (Lipinski definition) is 4. The van der Waals surface area contributed by atoms with Crippen LogP contribution < -0.4 is 10.6 Å². The fourth-order valence-corrected chi connectivity index (χ4v) is 2.52. The molecule has 98 valence electrons. The summed E-state index contributed by atoms with van der Waals surface area (Å²) in [5.74, 6) is 0.848. The molecule has 2 N–H and O–H groups in total. The molecule has 0 saturated heterocycles. The van der Waals surface area contributed by atoms with Gasteiger partial charge in [0.2, 0.25) is 5.95 Å². The van der Waals surface area contributed by atoms with E-state index >= 15 is 0 Å². The molecule has 0 atom stereocenters. The maximum Gasteiger partial charge on any atom is 0.222 e. The molecule has 0 saturated carbocycles. The molecular weight excluding hydrogens is 243 g/mol. The summed E-state index contributed by atoms with van der Waals surface area (Å²) in [6.45, 7) is 2.74. The van der Waals surface area contributed by atoms with E-state index in [2.05, 4.69) is 14.9 Å². The molecule has 1 aliphatic rings. The van der Waals surface area contributed by atoms with E-state index in [1.807, 2.05) is 13.0 Å². The van der Waals surface area contributed by atoms with E-state index < -0.39 is 0 Å². The largest absolute Gasteiger partial charge is 0.368 e. The van der Waals surface area contributed by atoms with Crippen LogP contribution in [0, 0.1) is 12.7 Å². The Kier molecular flexibility index (Phi) is 2.81. The van der Waals surface area contributed by atoms with Gasteiger partial charge in [-0.3, -0.25) is 0 Å². The second-order valence-corrected chi connectivity index (χ2v) is 4.75. The minimum Gasteiger partial charge on any atom is -0.368 e. The first-order valence-electron chi connectivity index (χ1n) is 6.30. The standard InChI is InChI=1S/C14H15FN4/c1-9-7-13(18-14(16)17-9)19-6-2-3-10-8-11(15)4-5-12(10)19/h4-5,7-8H,2-3,6H2,1H3,(H2,16,17,18). The first kappa shape index (κ1) is 11.9. The molecule has 0 amide bonds. The number of benzene rings is 1. The van der Waals surface area contributed by atoms with Gasteiger partial charge in [0.1, 0.15) is 11.6 Å². The number of nitrogens with two attached hydrogens (primary N) is 1. The highest BCUT2D eigenvalue weighted by Gasteiger charge is 2.20. The van der Waals surface area contributed by atoms with Crippen molar-refractivity contribution in [1.82, 2.24) is 9.97 Å². The normalized spacial score (nSPS) is 14.3. The third-order valence-corrected chi connectivity index (χ3v) is 3.29. The average molecular weight is 258 g/mol. The number of fused-ring (bicyclic) bond motifs is 1. The van der Waals surface area contributed by atoms with Gasteiger partial charge in [-0.05, 0) is 43.5 Å². The first-order valence-corrected chi connectivity index (χ1v) is 6.30. The van der Waals surface area contributed by atoms with Gasteiger partial charge in [-0.25, -0.2) is 9.37 Å². The molecule has 2 heterocycles. The Balaban J connectivity index is 2.08. The van der Waals surface area contributed by atoms with Crippen molar-refractivity contribution in [2.75, 3.05) is 17.2 Å². The van der Waals surface area contributed by atoms with Gasteiger partial charge in [0, 0.05) is 24.0 Å². The number of hydrogen-bond donors (Lipinski definition) is 1. The van der Waals surface area contributed by atoms with Crippen LogP contribution >= 0.6 is 0 Å². The summed E-state index contributed by atoms with van der Waals surface area (Å²) in [5.41, 5.74) is 8.55. The number of nitrogen functional groups attached to an aromatic ring is 1. The van der Waals surface area contributed by atoms with E-state index in [0.29, 0.717) is 0 Å². The maximum absolute atomic E-state index is 13.3. The lowest BCUT2D eigenvalue weighted by atomic mass is 10.0. The predicted octanol–water partition coefficient (Wildman–Crippen LogP) is 2.59. The summed E-state index contributed by atoms with van der Waals surface area (Å²) in [7, 11) is 0. The summed E-state index contributed by atoms with van der Waals surface area (Å²) in [5, 5.41) is 0. The first-order chi connectivity index (χ1) is 9.13. The third kappa shape index (κ3) is 2.23. The van der Waals surface area contributed by atoms with Gasteiger partial charge < -0.3 is 10.6 Å². The lowest BCUT2D eigenvalue weighted by molar-refractivity contribution is 0.622. The summed E-state index contributed by atoms with van der Waals surface area (Å²) >= 11 is 0. The van der Waals surface area contributed by atoms with Crippen LogP contribution in [0.25, 0.3) is 0 Å². The topological polar surface area (TPSA) is 55.0 Å². The summed E-state index contributed by atoms with van der Waals surface area (Å²) in [4.78, 5) is 10.4. The van der Waals surface area contributed by atoms with E-state index in [9.17, 15) is 4.39 Å². The zero-order valence-electron chi connectivity index (χ0n) is 10.7. The van der Waals surface area contributed by atoms with Crippen molar-refractivity contribution in [2.24, 2.45) is 0 Å². The summed E-state index contributed by atoms with van der Waals surface area (Å²) in [6, 6.07) is 6.78. The average Bonchev–Trinajstić information content (AvgIpc) is 2.36. The van der Waals surface area contributed by atoms with E-state index in [1.54, 1.807) is 12.1 Å². The van der Waals surface area contributed by atoms with Crippen LogP contribution in [0.4, 0.5) is 21.8 Å². The van der Waals surface area contributed by atoms with Gasteiger partial charge >= 0.3 is 0 Å². The van der Waals surface area contributed by atoms with E-state index in [0.717, 1.165) is 42.1 Å². The van der Waals surface area contributed by atoms with Crippen LogP contribution in [0.15, 0.2) is 24.3 Å². The maximum atomic E-state index is 13.3. The minimum atomic E-state index is -0.195. The lowest BCUT2D eigenvalue weighted by Gasteiger charge is -2.30. The van der Waals surface area contributed by atoms with Crippen LogP contribution in [-0.2, 0) is 6.42 Å². The smallest absolute Gasteiger partial charge is 0.222 e. The predicted molar refractivity (Wildman–Crippen MR) is 72.9 cm³/mol. The van der Waals surface area contributed by atoms with Gasteiger partial charge in [-0.15, -0.1) is 0 Å². The Morgan fingerprint density at radius 1 is 1.26 bits per heavy atom. The van der Waals surface area contributed by atoms with Crippen molar-refractivity contribution in [3.63, 3.8) is 0 Å². The van der Waals surface area contributed by atoms with Gasteiger partial charge in [0.15, 0.2) is 0 Å². The molecule has 3 rings (SSSR count). The molecule has 1 aromatic heterocycles. The number of anilines is 3. The number of halogens is 1. The minimum absolute atomic E-state index is 0.195. The summed E-state index contributed by atoms with van der Waals surface area (Å²) < 4.78 is 13.3. The Morgan fingerprint density at radius 2 is 2.11 bits per heavy atom. The van der Waals surface area contributed by atoms with Gasteiger partial charge in [0.25, 0.3) is 0 Å². The summed E-state index contributed by atoms with van der Waals surface area (Å²) in [6.07, 6.45) is 1.86. The monoisotopic (exact) mass is 258 g/mol. The van der Waals surface area contributed by atoms with Crippen LogP contribution in [0.1, 0.15) is 17.7 Å². The van der Waals surface area contributed by atoms with Crippen molar-refractivity contribution in [3.8, 4) is 0 Å². The fourth-order valence-electron chi connectivity index (χ4n) is 2.52. The van der Waals surface area contributed by atoms with E-state index in [-0.39, 0.29) is 11.8 Å². The molecular formula is C14H15FN4. The number of rotatable bonds is 1. The highest BCUT2D eigenvalue weighted by atomic mass is 19.1. The van der Waals surface area contributed by atoms with Crippen molar-refractivity contribution in [2.45, 2.75) is 19.8 Å². The van der Waals surface area contributed by atoms with Crippen LogP contribution in [-0.4, -0.2) is 16.5 Å². The Labute approximate surface area is 111 Å². The highest BCUT2D eigenvalue weighted by molar-refractivity contribution is 5.66. The molecule has 2 aromatic rings. The Hall–Kier alpha value is -2.17. The molecule has 0 radical (unpaired) electrons. The third-order valence-electron chi connectivity index (χ3n) is 3.29. The van der Waals surface area contributed by atoms with E-state index in [1.165, 1.54) is 6.07 Å². The van der Waals surface area contributed by atoms with Crippen LogP contribution in [0.2, 0.25) is 0 Å². The molecule has 0 bridgehead atoms. The molecule has 0 fully saturated rings. The van der Waals surface area contributed by atoms with Gasteiger partial charge in [-0.1, -0.05) is 0 Å². The van der Waals surface area contributed by atoms with E-state index in [4.69, 9.17) is 5.73 Å². The van der Waals surface area contributed by atoms with Crippen LogP contribution in [0.3, 0.4) is 0 Å². The second-order valence-electron chi connectivity index (χ2n) is 4.75. The van der Waals surface area contributed by atoms with Crippen molar-refractivity contribution in [1.29, 1.82) is 0 Å². The number of aromatic nitrogens is 2. The SMILES string of the molecule is Cc1cc(N2CCCc3cc(F)ccc32)nc(N)n1. The molecule has 19 heavy (non-hydrogen) atoms. The number of aryl methyl sites for hydroxylation is 2.